The van der Waals surface area contributed by atoms with Crippen molar-refractivity contribution < 1.29 is 22.7 Å². The van der Waals surface area contributed by atoms with Crippen LogP contribution in [0.25, 0.3) is 0 Å². The maximum Gasteiger partial charge on any atom is 0.271 e. The molecule has 0 atom stereocenters. The Balaban J connectivity index is 1.46. The zero-order valence-electron chi connectivity index (χ0n) is 18.3. The summed E-state index contributed by atoms with van der Waals surface area (Å²) < 4.78 is 37.2. The van der Waals surface area contributed by atoms with E-state index in [4.69, 9.17) is 21.1 Å². The summed E-state index contributed by atoms with van der Waals surface area (Å²) in [6.07, 6.45) is 2.60. The molecule has 3 aromatic carbocycles. The monoisotopic (exact) mass is 499 g/mol. The van der Waals surface area contributed by atoms with Gasteiger partial charge in [-0.3, -0.25) is 9.10 Å². The van der Waals surface area contributed by atoms with E-state index in [1.54, 1.807) is 48.5 Å². The number of hydrogen-bond acceptors (Lipinski definition) is 6. The second-order valence-corrected chi connectivity index (χ2v) is 9.79. The number of fused-ring (bicyclic) bond motifs is 1. The minimum Gasteiger partial charge on any atom is -0.486 e. The van der Waals surface area contributed by atoms with E-state index in [0.717, 1.165) is 6.26 Å². The maximum atomic E-state index is 12.5. The van der Waals surface area contributed by atoms with Gasteiger partial charge in [0.05, 0.1) is 24.7 Å². The molecule has 8 nitrogen and oxygen atoms in total. The van der Waals surface area contributed by atoms with Gasteiger partial charge in [-0.15, -0.1) is 0 Å². The number of hydrogen-bond donors (Lipinski definition) is 1. The normalized spacial score (nSPS) is 13.0. The van der Waals surface area contributed by atoms with Crippen LogP contribution < -0.4 is 19.2 Å². The van der Waals surface area contributed by atoms with E-state index in [1.807, 2.05) is 6.07 Å². The highest BCUT2D eigenvalue weighted by Crippen LogP contribution is 2.32. The van der Waals surface area contributed by atoms with E-state index >= 15 is 0 Å². The molecular weight excluding hydrogens is 478 g/mol. The van der Waals surface area contributed by atoms with Crippen molar-refractivity contribution in [3.05, 3.63) is 88.4 Å². The van der Waals surface area contributed by atoms with Crippen LogP contribution in [0.4, 0.5) is 5.69 Å². The summed E-state index contributed by atoms with van der Waals surface area (Å²) in [5.41, 5.74) is 4.55. The first-order valence-electron chi connectivity index (χ1n) is 10.4. The van der Waals surface area contributed by atoms with Crippen molar-refractivity contribution in [3.8, 4) is 11.5 Å². The summed E-state index contributed by atoms with van der Waals surface area (Å²) >= 11 is 6.20. The maximum absolute atomic E-state index is 12.5. The quantitative estimate of drug-likeness (QED) is 0.393. The van der Waals surface area contributed by atoms with Gasteiger partial charge in [-0.25, -0.2) is 13.8 Å². The standard InChI is InChI=1S/C24H22ClN3O5S/c1-34(30,31)28(16-19-5-2-3-7-21(19)25)20-11-9-17(10-12-20)24(29)27-26-15-18-6-4-8-22-23(18)33-14-13-32-22/h2-12,15H,13-14,16H2,1H3,(H,27,29)/b26-15-. The van der Waals surface area contributed by atoms with E-state index in [1.165, 1.54) is 22.7 Å². The summed E-state index contributed by atoms with van der Waals surface area (Å²) in [5, 5.41) is 4.48. The molecule has 1 amide bonds. The number of halogens is 1. The molecule has 0 radical (unpaired) electrons. The third-order valence-corrected chi connectivity index (χ3v) is 6.57. The predicted molar refractivity (Wildman–Crippen MR) is 131 cm³/mol. The van der Waals surface area contributed by atoms with Gasteiger partial charge < -0.3 is 9.47 Å². The van der Waals surface area contributed by atoms with Crippen molar-refractivity contribution in [3.63, 3.8) is 0 Å². The summed E-state index contributed by atoms with van der Waals surface area (Å²) in [7, 11) is -3.59. The Morgan fingerprint density at radius 3 is 2.53 bits per heavy atom. The Morgan fingerprint density at radius 1 is 1.06 bits per heavy atom. The Labute approximate surface area is 202 Å². The Bertz CT molecular complexity index is 1330. The smallest absolute Gasteiger partial charge is 0.271 e. The first-order chi connectivity index (χ1) is 16.3. The lowest BCUT2D eigenvalue weighted by Crippen LogP contribution is -2.29. The average molecular weight is 500 g/mol. The molecule has 0 saturated carbocycles. The summed E-state index contributed by atoms with van der Waals surface area (Å²) in [6.45, 7) is 0.995. The van der Waals surface area contributed by atoms with Crippen LogP contribution in [-0.2, 0) is 16.6 Å². The molecule has 0 aliphatic carbocycles. The van der Waals surface area contributed by atoms with Gasteiger partial charge in [0, 0.05) is 16.1 Å². The van der Waals surface area contributed by atoms with Crippen molar-refractivity contribution in [1.82, 2.24) is 5.43 Å². The van der Waals surface area contributed by atoms with Gasteiger partial charge >= 0.3 is 0 Å². The predicted octanol–water partition coefficient (Wildman–Crippen LogP) is 3.84. The topological polar surface area (TPSA) is 97.3 Å². The second-order valence-electron chi connectivity index (χ2n) is 7.48. The van der Waals surface area contributed by atoms with Gasteiger partial charge in [0.1, 0.15) is 13.2 Å². The molecule has 0 aromatic heterocycles. The van der Waals surface area contributed by atoms with Crippen molar-refractivity contribution >= 4 is 39.4 Å². The minimum absolute atomic E-state index is 0.0710. The van der Waals surface area contributed by atoms with Crippen LogP contribution in [0.15, 0.2) is 71.8 Å². The van der Waals surface area contributed by atoms with E-state index < -0.39 is 15.9 Å². The number of nitrogens with one attached hydrogen (secondary N) is 1. The lowest BCUT2D eigenvalue weighted by Gasteiger charge is -2.23. The van der Waals surface area contributed by atoms with Crippen LogP contribution in [0, 0.1) is 0 Å². The molecule has 176 valence electrons. The number of sulfonamides is 1. The van der Waals surface area contributed by atoms with Crippen LogP contribution in [0.5, 0.6) is 11.5 Å². The van der Waals surface area contributed by atoms with E-state index in [-0.39, 0.29) is 6.54 Å². The Morgan fingerprint density at radius 2 is 1.79 bits per heavy atom. The average Bonchev–Trinajstić information content (AvgIpc) is 2.83. The second kappa shape index (κ2) is 10.1. The van der Waals surface area contributed by atoms with Crippen molar-refractivity contribution in [2.24, 2.45) is 5.10 Å². The number of rotatable bonds is 7. The Hall–Kier alpha value is -3.56. The SMILES string of the molecule is CS(=O)(=O)N(Cc1ccccc1Cl)c1ccc(C(=O)N/N=C\c2cccc3c2OCCO3)cc1. The van der Waals surface area contributed by atoms with Crippen molar-refractivity contribution in [2.45, 2.75) is 6.54 Å². The molecule has 34 heavy (non-hydrogen) atoms. The fourth-order valence-electron chi connectivity index (χ4n) is 3.38. The van der Waals surface area contributed by atoms with Crippen LogP contribution >= 0.6 is 11.6 Å². The zero-order valence-corrected chi connectivity index (χ0v) is 19.8. The number of hydrazone groups is 1. The molecule has 1 N–H and O–H groups in total. The summed E-state index contributed by atoms with van der Waals surface area (Å²) in [5.74, 6) is 0.765. The third kappa shape index (κ3) is 5.49. The Kier molecular flexibility index (Phi) is 7.04. The molecule has 4 rings (SSSR count). The van der Waals surface area contributed by atoms with Gasteiger partial charge in [-0.1, -0.05) is 35.9 Å². The number of carbonyl (C=O) groups is 1. The number of nitrogens with zero attached hydrogens (tertiary/aromatic N) is 2. The van der Waals surface area contributed by atoms with Gasteiger partial charge in [0.2, 0.25) is 10.0 Å². The van der Waals surface area contributed by atoms with E-state index in [2.05, 4.69) is 10.5 Å². The molecule has 1 heterocycles. The number of benzene rings is 3. The molecule has 1 aliphatic heterocycles. The van der Waals surface area contributed by atoms with Crippen LogP contribution in [0.2, 0.25) is 5.02 Å². The lowest BCUT2D eigenvalue weighted by atomic mass is 10.2. The highest BCUT2D eigenvalue weighted by Gasteiger charge is 2.20. The molecule has 0 unspecified atom stereocenters. The molecule has 10 heteroatoms. The molecule has 1 aliphatic rings. The molecule has 0 bridgehead atoms. The molecule has 0 saturated heterocycles. The molecule has 0 spiro atoms. The third-order valence-electron chi connectivity index (χ3n) is 5.06. The first kappa shape index (κ1) is 23.6. The molecular formula is C24H22ClN3O5S. The van der Waals surface area contributed by atoms with Crippen LogP contribution in [0.3, 0.4) is 0 Å². The van der Waals surface area contributed by atoms with E-state index in [9.17, 15) is 13.2 Å². The highest BCUT2D eigenvalue weighted by molar-refractivity contribution is 7.92. The minimum atomic E-state index is -3.59. The van der Waals surface area contributed by atoms with Gasteiger partial charge in [0.15, 0.2) is 11.5 Å². The fourth-order valence-corrected chi connectivity index (χ4v) is 4.46. The molecule has 0 fully saturated rings. The number of para-hydroxylation sites is 1. The summed E-state index contributed by atoms with van der Waals surface area (Å²) in [6, 6.07) is 18.7. The highest BCUT2D eigenvalue weighted by atomic mass is 35.5. The van der Waals surface area contributed by atoms with E-state index in [0.29, 0.717) is 52.1 Å². The lowest BCUT2D eigenvalue weighted by molar-refractivity contribution is 0.0955. The number of anilines is 1. The number of carbonyl (C=O) groups excluding carboxylic acids is 1. The zero-order chi connectivity index (χ0) is 24.1. The van der Waals surface area contributed by atoms with Crippen molar-refractivity contribution in [2.75, 3.05) is 23.8 Å². The summed E-state index contributed by atoms with van der Waals surface area (Å²) in [4.78, 5) is 12.5. The van der Waals surface area contributed by atoms with Gasteiger partial charge in [0.25, 0.3) is 5.91 Å². The number of amides is 1. The molecule has 3 aromatic rings. The number of ether oxygens (including phenoxy) is 2. The van der Waals surface area contributed by atoms with Crippen LogP contribution in [-0.4, -0.2) is 40.0 Å². The first-order valence-corrected chi connectivity index (χ1v) is 12.6. The van der Waals surface area contributed by atoms with Gasteiger partial charge in [-0.2, -0.15) is 5.10 Å². The van der Waals surface area contributed by atoms with Crippen molar-refractivity contribution in [1.29, 1.82) is 0 Å². The fraction of sp³-hybridized carbons (Fsp3) is 0.167. The largest absolute Gasteiger partial charge is 0.486 e. The van der Waals surface area contributed by atoms with Gasteiger partial charge in [-0.05, 0) is 48.0 Å². The van der Waals surface area contributed by atoms with Crippen LogP contribution in [0.1, 0.15) is 21.5 Å².